The van der Waals surface area contributed by atoms with Crippen LogP contribution in [0.15, 0.2) is 5.73 Å². The summed E-state index contributed by atoms with van der Waals surface area (Å²) < 4.78 is 0. The summed E-state index contributed by atoms with van der Waals surface area (Å²) in [6.45, 7) is 19.7. The smallest absolute Gasteiger partial charge is 0 e. The van der Waals surface area contributed by atoms with Crippen LogP contribution >= 0.6 is 0 Å². The summed E-state index contributed by atoms with van der Waals surface area (Å²) in [5, 5.41) is 22.4. The van der Waals surface area contributed by atoms with Crippen molar-refractivity contribution < 1.29 is 141 Å². The molecule has 0 aliphatic carbocycles. The molecule has 0 heterocycles. The molecular formula is C16H28N2O2Y4-5. The average Bonchev–Trinajstić information content (AvgIpc) is 2.34. The number of hydroxylamine groups is 4. The first-order chi connectivity index (χ1) is 8.97. The largest absolute Gasteiger partial charge is 0.564 e. The molecular weight excluding hydrogens is 608 g/mol. The zero-order valence-electron chi connectivity index (χ0n) is 16.3. The fourth-order valence-electron chi connectivity index (χ4n) is 1.39. The summed E-state index contributed by atoms with van der Waals surface area (Å²) in [7, 11) is 0. The van der Waals surface area contributed by atoms with E-state index in [1.807, 2.05) is 27.7 Å². The molecule has 0 aromatic carbocycles. The van der Waals surface area contributed by atoms with Crippen molar-refractivity contribution in [1.82, 2.24) is 10.1 Å². The fraction of sp³-hybridized carbons (Fsp3) is 0.625. The van der Waals surface area contributed by atoms with E-state index in [9.17, 15) is 10.4 Å². The van der Waals surface area contributed by atoms with Gasteiger partial charge < -0.3 is 33.7 Å². The first-order valence-electron chi connectivity index (χ1n) is 6.52. The Morgan fingerprint density at radius 3 is 1.46 bits per heavy atom. The standard InChI is InChI=1S/C10H16NO.C6H12NO.4Y/c1-6-7-8-10(4,5)11(12)9(2)3;1-5(2)7(8)6(3)4;;;;/h1,12H,8H2,2-5H3;1-4H3;;;;/q-3;-2;;;;. The molecule has 1 N–H and O–H groups in total. The number of hydrogen-bond acceptors (Lipinski definition) is 3. The number of hydrogen-bond donors (Lipinski definition) is 1. The van der Waals surface area contributed by atoms with Crippen LogP contribution in [0.2, 0.25) is 0 Å². The summed E-state index contributed by atoms with van der Waals surface area (Å²) in [6, 6.07) is 2.41. The van der Waals surface area contributed by atoms with E-state index in [2.05, 4.69) is 11.8 Å². The second kappa shape index (κ2) is 23.1. The van der Waals surface area contributed by atoms with Gasteiger partial charge in [-0.05, 0) is 19.4 Å². The minimum absolute atomic E-state index is 0. The van der Waals surface area contributed by atoms with Crippen molar-refractivity contribution in [3.63, 3.8) is 0 Å². The molecule has 0 saturated carbocycles. The maximum Gasteiger partial charge on any atom is 0 e. The predicted octanol–water partition coefficient (Wildman–Crippen LogP) is 4.13. The van der Waals surface area contributed by atoms with Crippen molar-refractivity contribution in [1.29, 1.82) is 0 Å². The van der Waals surface area contributed by atoms with Crippen LogP contribution in [0, 0.1) is 30.8 Å². The van der Waals surface area contributed by atoms with Crippen LogP contribution in [0.4, 0.5) is 0 Å². The molecule has 0 fully saturated rings. The van der Waals surface area contributed by atoms with Crippen molar-refractivity contribution in [3.05, 3.63) is 36.5 Å². The van der Waals surface area contributed by atoms with Crippen LogP contribution in [-0.4, -0.2) is 20.9 Å². The Balaban J connectivity index is -0.0000000609. The monoisotopic (exact) mass is 636 g/mol. The molecule has 0 aromatic rings. The SMILES string of the molecule is C[C-](C)N([O])[C-](C)C.[CH-]=C=[C-]CC(C)(C)N(O)[C-](C)C.[Y].[Y].[Y].[Y]. The van der Waals surface area contributed by atoms with Gasteiger partial charge in [0.25, 0.3) is 0 Å². The first kappa shape index (κ1) is 42.0. The Bertz CT molecular complexity index is 300. The number of rotatable bonds is 6. The minimum atomic E-state index is -0.370. The molecule has 0 aliphatic heterocycles. The van der Waals surface area contributed by atoms with E-state index in [-0.39, 0.29) is 136 Å². The summed E-state index contributed by atoms with van der Waals surface area (Å²) in [5.41, 5.74) is 1.95. The minimum Gasteiger partial charge on any atom is -0.564 e. The van der Waals surface area contributed by atoms with E-state index in [0.717, 1.165) is 23.2 Å². The molecule has 131 valence electrons. The summed E-state index contributed by atoms with van der Waals surface area (Å²) >= 11 is 0. The van der Waals surface area contributed by atoms with Gasteiger partial charge >= 0.3 is 0 Å². The Labute approximate surface area is 250 Å². The van der Waals surface area contributed by atoms with Crippen LogP contribution in [-0.2, 0) is 136 Å². The third-order valence-corrected chi connectivity index (χ3v) is 2.43. The summed E-state index contributed by atoms with van der Waals surface area (Å²) in [6.07, 6.45) is 3.28. The number of nitrogens with zero attached hydrogens (tertiary/aromatic N) is 2. The second-order valence-corrected chi connectivity index (χ2v) is 5.76. The fourth-order valence-corrected chi connectivity index (χ4v) is 1.39. The Hall–Kier alpha value is 3.78. The molecule has 0 rings (SSSR count). The molecule has 0 amide bonds. The summed E-state index contributed by atoms with van der Waals surface area (Å²) in [4.78, 5) is 0. The van der Waals surface area contributed by atoms with Crippen molar-refractivity contribution >= 4 is 0 Å². The molecule has 0 unspecified atom stereocenters. The van der Waals surface area contributed by atoms with Gasteiger partial charge in [0.05, 0.1) is 0 Å². The van der Waals surface area contributed by atoms with Gasteiger partial charge in [-0.2, -0.15) is 53.2 Å². The van der Waals surface area contributed by atoms with E-state index in [1.165, 1.54) is 5.06 Å². The normalized spacial score (nSPS) is 9.96. The van der Waals surface area contributed by atoms with Crippen molar-refractivity contribution in [2.24, 2.45) is 0 Å². The van der Waals surface area contributed by atoms with E-state index in [0.29, 0.717) is 6.42 Å². The maximum atomic E-state index is 10.7. The molecule has 0 spiro atoms. The zero-order chi connectivity index (χ0) is 16.5. The van der Waals surface area contributed by atoms with Gasteiger partial charge in [-0.1, -0.05) is 0 Å². The van der Waals surface area contributed by atoms with Crippen molar-refractivity contribution in [3.8, 4) is 0 Å². The first-order valence-corrected chi connectivity index (χ1v) is 6.52. The van der Waals surface area contributed by atoms with Crippen molar-refractivity contribution in [2.45, 2.75) is 67.3 Å². The molecule has 5 radical (unpaired) electrons. The maximum absolute atomic E-state index is 10.7. The van der Waals surface area contributed by atoms with E-state index in [4.69, 9.17) is 6.58 Å². The van der Waals surface area contributed by atoms with Crippen LogP contribution in [0.3, 0.4) is 0 Å². The van der Waals surface area contributed by atoms with Gasteiger partial charge in [-0.25, -0.2) is 6.04 Å². The molecule has 0 aromatic heterocycles. The molecule has 8 heteroatoms. The topological polar surface area (TPSA) is 46.6 Å². The molecule has 0 atom stereocenters. The average molecular weight is 636 g/mol. The van der Waals surface area contributed by atoms with Gasteiger partial charge in [-0.15, -0.1) is 0 Å². The van der Waals surface area contributed by atoms with E-state index in [1.54, 1.807) is 27.7 Å². The zero-order valence-corrected chi connectivity index (χ0v) is 27.7. The van der Waals surface area contributed by atoms with Gasteiger partial charge in [0.2, 0.25) is 0 Å². The molecule has 0 bridgehead atoms. The third kappa shape index (κ3) is 22.1. The Morgan fingerprint density at radius 1 is 0.958 bits per heavy atom. The Morgan fingerprint density at radius 2 is 1.29 bits per heavy atom. The molecule has 0 saturated heterocycles. The quantitative estimate of drug-likeness (QED) is 0.271. The van der Waals surface area contributed by atoms with E-state index < -0.39 is 0 Å². The van der Waals surface area contributed by atoms with Crippen LogP contribution < -0.4 is 0 Å². The van der Waals surface area contributed by atoms with Gasteiger partial charge in [0.1, 0.15) is 0 Å². The van der Waals surface area contributed by atoms with Gasteiger partial charge in [0.15, 0.2) is 0 Å². The second-order valence-electron chi connectivity index (χ2n) is 5.76. The summed E-state index contributed by atoms with van der Waals surface area (Å²) in [5.74, 6) is 0. The van der Waals surface area contributed by atoms with Crippen LogP contribution in [0.25, 0.3) is 0 Å². The van der Waals surface area contributed by atoms with Gasteiger partial charge in [-0.3, -0.25) is 12.1 Å². The molecule has 4 nitrogen and oxygen atoms in total. The van der Waals surface area contributed by atoms with E-state index >= 15 is 0 Å². The van der Waals surface area contributed by atoms with Crippen molar-refractivity contribution in [2.75, 3.05) is 0 Å². The van der Waals surface area contributed by atoms with Gasteiger partial charge in [0, 0.05) is 131 Å². The third-order valence-electron chi connectivity index (χ3n) is 2.43. The molecule has 24 heavy (non-hydrogen) atoms. The Kier molecular flexibility index (Phi) is 40.3. The molecule has 0 aliphatic rings. The van der Waals surface area contributed by atoms with Crippen LogP contribution in [0.5, 0.6) is 0 Å². The van der Waals surface area contributed by atoms with Crippen LogP contribution in [0.1, 0.15) is 61.8 Å². The predicted molar refractivity (Wildman–Crippen MR) is 79.7 cm³/mol.